The van der Waals surface area contributed by atoms with Gasteiger partial charge in [0.15, 0.2) is 0 Å². The van der Waals surface area contributed by atoms with Gasteiger partial charge in [-0.1, -0.05) is 31.0 Å². The molecule has 1 saturated carbocycles. The van der Waals surface area contributed by atoms with Crippen LogP contribution in [-0.2, 0) is 11.3 Å². The minimum Gasteiger partial charge on any atom is -0.354 e. The number of amides is 1. The van der Waals surface area contributed by atoms with E-state index in [1.165, 1.54) is 36.6 Å². The van der Waals surface area contributed by atoms with E-state index in [-0.39, 0.29) is 11.4 Å². The minimum atomic E-state index is -0.198. The first-order chi connectivity index (χ1) is 12.3. The summed E-state index contributed by atoms with van der Waals surface area (Å²) in [5, 5.41) is 4.54. The maximum absolute atomic E-state index is 13.0. The van der Waals surface area contributed by atoms with Gasteiger partial charge in [0.25, 0.3) is 0 Å². The maximum atomic E-state index is 13.0. The highest BCUT2D eigenvalue weighted by Gasteiger charge is 2.46. The first kappa shape index (κ1) is 16.6. The van der Waals surface area contributed by atoms with Gasteiger partial charge < -0.3 is 9.88 Å². The highest BCUT2D eigenvalue weighted by Crippen LogP contribution is 2.37. The van der Waals surface area contributed by atoms with Gasteiger partial charge in [0.05, 0.1) is 0 Å². The molecule has 0 bridgehead atoms. The molecule has 1 aromatic heterocycles. The first-order valence-electron chi connectivity index (χ1n) is 9.87. The average Bonchev–Trinajstić information content (AvgIpc) is 3.39. The third-order valence-corrected chi connectivity index (χ3v) is 6.11. The van der Waals surface area contributed by atoms with Crippen LogP contribution in [0.5, 0.6) is 0 Å². The Bertz CT molecular complexity index is 724. The summed E-state index contributed by atoms with van der Waals surface area (Å²) >= 11 is 0. The van der Waals surface area contributed by atoms with Crippen molar-refractivity contribution in [2.75, 3.05) is 19.6 Å². The maximum Gasteiger partial charge on any atom is 0.240 e. The lowest BCUT2D eigenvalue weighted by molar-refractivity contribution is -0.132. The van der Waals surface area contributed by atoms with Gasteiger partial charge in [0.2, 0.25) is 5.91 Å². The Morgan fingerprint density at radius 2 is 1.80 bits per heavy atom. The molecule has 0 unspecified atom stereocenters. The Labute approximate surface area is 150 Å². The monoisotopic (exact) mass is 339 g/mol. The molecule has 1 amide bonds. The van der Waals surface area contributed by atoms with Crippen molar-refractivity contribution in [3.63, 3.8) is 0 Å². The molecule has 4 nitrogen and oxygen atoms in total. The van der Waals surface area contributed by atoms with Crippen LogP contribution in [0.1, 0.15) is 44.9 Å². The van der Waals surface area contributed by atoms with Gasteiger partial charge in [-0.3, -0.25) is 9.69 Å². The van der Waals surface area contributed by atoms with Crippen LogP contribution in [0.3, 0.4) is 0 Å². The summed E-state index contributed by atoms with van der Waals surface area (Å²) in [6.45, 7) is 3.91. The molecule has 1 aliphatic carbocycles. The molecule has 0 atom stereocenters. The zero-order chi connectivity index (χ0) is 17.1. The lowest BCUT2D eigenvalue weighted by Crippen LogP contribution is -2.56. The summed E-state index contributed by atoms with van der Waals surface area (Å²) in [5.41, 5.74) is 1.08. The van der Waals surface area contributed by atoms with E-state index in [2.05, 4.69) is 51.3 Å². The van der Waals surface area contributed by atoms with Gasteiger partial charge in [0.1, 0.15) is 5.54 Å². The summed E-state index contributed by atoms with van der Waals surface area (Å²) in [5.74, 6) is 0.282. The molecule has 2 aromatic rings. The van der Waals surface area contributed by atoms with Crippen LogP contribution in [0.25, 0.3) is 10.9 Å². The topological polar surface area (TPSA) is 37.3 Å². The molecule has 0 spiro atoms. The minimum absolute atomic E-state index is 0.198. The van der Waals surface area contributed by atoms with Crippen molar-refractivity contribution in [1.29, 1.82) is 0 Å². The number of aromatic nitrogens is 1. The van der Waals surface area contributed by atoms with Crippen LogP contribution >= 0.6 is 0 Å². The first-order valence-corrected chi connectivity index (χ1v) is 9.87. The number of hydrogen-bond acceptors (Lipinski definition) is 2. The molecule has 1 saturated heterocycles. The van der Waals surface area contributed by atoms with Crippen LogP contribution in [0, 0.1) is 0 Å². The Balaban J connectivity index is 1.32. The van der Waals surface area contributed by atoms with Crippen molar-refractivity contribution in [1.82, 2.24) is 14.8 Å². The average molecular weight is 339 g/mol. The Kier molecular flexibility index (Phi) is 4.80. The summed E-state index contributed by atoms with van der Waals surface area (Å²) in [6.07, 6.45) is 10.1. The van der Waals surface area contributed by atoms with E-state index in [4.69, 9.17) is 0 Å². The number of nitrogens with one attached hydrogen (secondary N) is 1. The van der Waals surface area contributed by atoms with E-state index < -0.39 is 0 Å². The number of carbonyl (C=O) groups is 1. The fourth-order valence-corrected chi connectivity index (χ4v) is 4.74. The SMILES string of the molecule is O=C(NCCCn1ccc2ccccc21)C1(N2CCCC2)CCCC1. The van der Waals surface area contributed by atoms with Crippen LogP contribution < -0.4 is 5.32 Å². The van der Waals surface area contributed by atoms with E-state index in [1.807, 2.05) is 0 Å². The van der Waals surface area contributed by atoms with Crippen molar-refractivity contribution < 1.29 is 4.79 Å². The predicted molar refractivity (Wildman–Crippen MR) is 102 cm³/mol. The number of rotatable bonds is 6. The molecule has 2 fully saturated rings. The Hall–Kier alpha value is -1.81. The molecule has 2 aliphatic rings. The van der Waals surface area contributed by atoms with Gasteiger partial charge in [0, 0.05) is 24.8 Å². The standard InChI is InChI=1S/C21H29N3O/c25-20(21(11-3-4-12-21)24-15-5-6-16-24)22-13-7-14-23-17-10-18-8-1-2-9-19(18)23/h1-2,8-10,17H,3-7,11-16H2,(H,22,25). The highest BCUT2D eigenvalue weighted by molar-refractivity contribution is 5.86. The molecule has 1 aliphatic heterocycles. The number of aryl methyl sites for hydroxylation is 1. The molecule has 134 valence electrons. The van der Waals surface area contributed by atoms with Crippen LogP contribution in [0.15, 0.2) is 36.5 Å². The summed E-state index contributed by atoms with van der Waals surface area (Å²) in [4.78, 5) is 15.4. The molecule has 4 heteroatoms. The number of hydrogen-bond donors (Lipinski definition) is 1. The van der Waals surface area contributed by atoms with Crippen LogP contribution in [0.2, 0.25) is 0 Å². The van der Waals surface area contributed by atoms with Crippen LogP contribution in [-0.4, -0.2) is 40.5 Å². The van der Waals surface area contributed by atoms with E-state index in [0.29, 0.717) is 0 Å². The number of benzene rings is 1. The second-order valence-corrected chi connectivity index (χ2v) is 7.61. The normalized spacial score (nSPS) is 20.3. The lowest BCUT2D eigenvalue weighted by Gasteiger charge is -2.37. The number of fused-ring (bicyclic) bond motifs is 1. The quantitative estimate of drug-likeness (QED) is 0.817. The smallest absolute Gasteiger partial charge is 0.240 e. The number of nitrogens with zero attached hydrogens (tertiary/aromatic N) is 2. The van der Waals surface area contributed by atoms with E-state index in [1.54, 1.807) is 0 Å². The summed E-state index contributed by atoms with van der Waals surface area (Å²) < 4.78 is 2.29. The Morgan fingerprint density at radius 3 is 2.60 bits per heavy atom. The summed E-state index contributed by atoms with van der Waals surface area (Å²) in [6, 6.07) is 10.6. The van der Waals surface area contributed by atoms with Gasteiger partial charge >= 0.3 is 0 Å². The number of carbonyl (C=O) groups excluding carboxylic acids is 1. The van der Waals surface area contributed by atoms with E-state index in [9.17, 15) is 4.79 Å². The summed E-state index contributed by atoms with van der Waals surface area (Å²) in [7, 11) is 0. The van der Waals surface area contributed by atoms with Crippen molar-refractivity contribution in [3.8, 4) is 0 Å². The molecule has 2 heterocycles. The fourth-order valence-electron chi connectivity index (χ4n) is 4.74. The van der Waals surface area contributed by atoms with Gasteiger partial charge in [-0.15, -0.1) is 0 Å². The number of likely N-dealkylation sites (tertiary alicyclic amines) is 1. The predicted octanol–water partition coefficient (Wildman–Crippen LogP) is 3.56. The van der Waals surface area contributed by atoms with Crippen molar-refractivity contribution in [2.24, 2.45) is 0 Å². The van der Waals surface area contributed by atoms with Crippen molar-refractivity contribution in [3.05, 3.63) is 36.5 Å². The van der Waals surface area contributed by atoms with E-state index in [0.717, 1.165) is 45.4 Å². The number of para-hydroxylation sites is 1. The van der Waals surface area contributed by atoms with Gasteiger partial charge in [-0.05, 0) is 62.7 Å². The molecule has 25 heavy (non-hydrogen) atoms. The molecule has 1 aromatic carbocycles. The van der Waals surface area contributed by atoms with Gasteiger partial charge in [-0.2, -0.15) is 0 Å². The molecule has 1 N–H and O–H groups in total. The molecule has 0 radical (unpaired) electrons. The second-order valence-electron chi connectivity index (χ2n) is 7.61. The Morgan fingerprint density at radius 1 is 1.04 bits per heavy atom. The zero-order valence-corrected chi connectivity index (χ0v) is 15.0. The molecule has 4 rings (SSSR count). The molecular weight excluding hydrogens is 310 g/mol. The van der Waals surface area contributed by atoms with Gasteiger partial charge in [-0.25, -0.2) is 0 Å². The second kappa shape index (κ2) is 7.20. The highest BCUT2D eigenvalue weighted by atomic mass is 16.2. The van der Waals surface area contributed by atoms with Crippen molar-refractivity contribution in [2.45, 2.75) is 57.0 Å². The largest absolute Gasteiger partial charge is 0.354 e. The molecular formula is C21H29N3O. The third kappa shape index (κ3) is 3.20. The fraction of sp³-hybridized carbons (Fsp3) is 0.571. The third-order valence-electron chi connectivity index (χ3n) is 6.11. The van der Waals surface area contributed by atoms with Crippen molar-refractivity contribution >= 4 is 16.8 Å². The van der Waals surface area contributed by atoms with E-state index >= 15 is 0 Å². The lowest BCUT2D eigenvalue weighted by atomic mass is 9.94. The van der Waals surface area contributed by atoms with Crippen LogP contribution in [0.4, 0.5) is 0 Å². The zero-order valence-electron chi connectivity index (χ0n) is 15.0.